The van der Waals surface area contributed by atoms with Gasteiger partial charge in [0.25, 0.3) is 0 Å². The molecule has 0 saturated carbocycles. The fraction of sp³-hybridized carbons (Fsp3) is 0.529. The largest absolute Gasteiger partial charge is 0.341 e. The SMILES string of the molecule is CCC1(CC)CCN(C(=O)C(C#N)c2ccccc2)C1. The first-order chi connectivity index (χ1) is 9.65. The van der Waals surface area contributed by atoms with Crippen LogP contribution in [-0.2, 0) is 4.79 Å². The molecular weight excluding hydrogens is 248 g/mol. The van der Waals surface area contributed by atoms with Crippen LogP contribution in [0.15, 0.2) is 30.3 Å². The Morgan fingerprint density at radius 1 is 1.35 bits per heavy atom. The quantitative estimate of drug-likeness (QED) is 0.842. The molecule has 1 atom stereocenters. The first kappa shape index (κ1) is 14.6. The van der Waals surface area contributed by atoms with Crippen molar-refractivity contribution in [3.63, 3.8) is 0 Å². The van der Waals surface area contributed by atoms with E-state index in [1.54, 1.807) is 0 Å². The molecule has 106 valence electrons. The summed E-state index contributed by atoms with van der Waals surface area (Å²) >= 11 is 0. The summed E-state index contributed by atoms with van der Waals surface area (Å²) in [6.45, 7) is 5.96. The van der Waals surface area contributed by atoms with Crippen LogP contribution in [0.4, 0.5) is 0 Å². The summed E-state index contributed by atoms with van der Waals surface area (Å²) in [5.41, 5.74) is 1.05. The van der Waals surface area contributed by atoms with Gasteiger partial charge in [-0.3, -0.25) is 4.79 Å². The van der Waals surface area contributed by atoms with Crippen molar-refractivity contribution in [2.75, 3.05) is 13.1 Å². The van der Waals surface area contributed by atoms with Crippen LogP contribution in [0.3, 0.4) is 0 Å². The highest BCUT2D eigenvalue weighted by molar-refractivity contribution is 5.86. The maximum Gasteiger partial charge on any atom is 0.244 e. The molecule has 1 aliphatic rings. The van der Waals surface area contributed by atoms with Crippen molar-refractivity contribution in [1.29, 1.82) is 5.26 Å². The third kappa shape index (κ3) is 2.70. The van der Waals surface area contributed by atoms with Crippen molar-refractivity contribution in [3.8, 4) is 6.07 Å². The highest BCUT2D eigenvalue weighted by Gasteiger charge is 2.39. The molecule has 3 nitrogen and oxygen atoms in total. The van der Waals surface area contributed by atoms with Gasteiger partial charge in [-0.05, 0) is 30.2 Å². The summed E-state index contributed by atoms with van der Waals surface area (Å²) in [4.78, 5) is 14.5. The van der Waals surface area contributed by atoms with Gasteiger partial charge in [0.15, 0.2) is 0 Å². The number of benzene rings is 1. The second-order valence-electron chi connectivity index (χ2n) is 5.69. The Labute approximate surface area is 121 Å². The molecule has 1 fully saturated rings. The van der Waals surface area contributed by atoms with Crippen LogP contribution in [0.5, 0.6) is 0 Å². The molecule has 1 unspecified atom stereocenters. The van der Waals surface area contributed by atoms with E-state index in [2.05, 4.69) is 19.9 Å². The summed E-state index contributed by atoms with van der Waals surface area (Å²) in [5, 5.41) is 9.36. The minimum atomic E-state index is -0.666. The van der Waals surface area contributed by atoms with Gasteiger partial charge in [-0.1, -0.05) is 44.2 Å². The van der Waals surface area contributed by atoms with E-state index >= 15 is 0 Å². The van der Waals surface area contributed by atoms with E-state index in [0.717, 1.165) is 37.9 Å². The summed E-state index contributed by atoms with van der Waals surface area (Å²) in [6, 6.07) is 11.5. The lowest BCUT2D eigenvalue weighted by molar-refractivity contribution is -0.130. The van der Waals surface area contributed by atoms with Crippen molar-refractivity contribution in [2.45, 2.75) is 39.0 Å². The fourth-order valence-electron chi connectivity index (χ4n) is 3.05. The molecule has 1 aliphatic heterocycles. The summed E-state index contributed by atoms with van der Waals surface area (Å²) in [6.07, 6.45) is 3.24. The van der Waals surface area contributed by atoms with Gasteiger partial charge in [-0.25, -0.2) is 0 Å². The van der Waals surface area contributed by atoms with Crippen LogP contribution in [0.2, 0.25) is 0 Å². The molecule has 3 heteroatoms. The number of likely N-dealkylation sites (tertiary alicyclic amines) is 1. The molecule has 20 heavy (non-hydrogen) atoms. The van der Waals surface area contributed by atoms with Crippen LogP contribution >= 0.6 is 0 Å². The van der Waals surface area contributed by atoms with Gasteiger partial charge in [-0.2, -0.15) is 5.26 Å². The van der Waals surface area contributed by atoms with Gasteiger partial charge >= 0.3 is 0 Å². The number of nitrogens with zero attached hydrogens (tertiary/aromatic N) is 2. The molecule has 1 heterocycles. The molecule has 0 bridgehead atoms. The number of hydrogen-bond donors (Lipinski definition) is 0. The van der Waals surface area contributed by atoms with E-state index in [-0.39, 0.29) is 11.3 Å². The van der Waals surface area contributed by atoms with Crippen LogP contribution in [0.25, 0.3) is 0 Å². The Hall–Kier alpha value is -1.82. The van der Waals surface area contributed by atoms with Crippen LogP contribution in [0, 0.1) is 16.7 Å². The number of carbonyl (C=O) groups is 1. The Bertz CT molecular complexity index is 499. The van der Waals surface area contributed by atoms with E-state index in [1.165, 1.54) is 0 Å². The summed E-state index contributed by atoms with van der Waals surface area (Å²) < 4.78 is 0. The maximum atomic E-state index is 12.6. The predicted molar refractivity (Wildman–Crippen MR) is 79.0 cm³/mol. The lowest BCUT2D eigenvalue weighted by Gasteiger charge is -2.27. The zero-order valence-corrected chi connectivity index (χ0v) is 12.3. The van der Waals surface area contributed by atoms with E-state index in [0.29, 0.717) is 0 Å². The van der Waals surface area contributed by atoms with Gasteiger partial charge in [0.05, 0.1) is 6.07 Å². The highest BCUT2D eigenvalue weighted by Crippen LogP contribution is 2.38. The van der Waals surface area contributed by atoms with Crippen molar-refractivity contribution in [1.82, 2.24) is 4.90 Å². The molecule has 2 rings (SSSR count). The Morgan fingerprint density at radius 2 is 2.00 bits per heavy atom. The first-order valence-corrected chi connectivity index (χ1v) is 7.39. The zero-order chi connectivity index (χ0) is 14.6. The Balaban J connectivity index is 2.14. The van der Waals surface area contributed by atoms with E-state index in [9.17, 15) is 10.1 Å². The monoisotopic (exact) mass is 270 g/mol. The van der Waals surface area contributed by atoms with Crippen molar-refractivity contribution in [2.24, 2.45) is 5.41 Å². The molecule has 1 aromatic carbocycles. The molecule has 0 aliphatic carbocycles. The average Bonchev–Trinajstić information content (AvgIpc) is 2.94. The summed E-state index contributed by atoms with van der Waals surface area (Å²) in [5.74, 6) is -0.705. The molecule has 1 amide bonds. The minimum absolute atomic E-state index is 0.0394. The average molecular weight is 270 g/mol. The lowest BCUT2D eigenvalue weighted by atomic mass is 9.82. The standard InChI is InChI=1S/C17H22N2O/c1-3-17(4-2)10-11-19(13-17)16(20)15(12-18)14-8-6-5-7-9-14/h5-9,15H,3-4,10-11,13H2,1-2H3. The summed E-state index contributed by atoms with van der Waals surface area (Å²) in [7, 11) is 0. The van der Waals surface area contributed by atoms with Crippen LogP contribution in [0.1, 0.15) is 44.6 Å². The predicted octanol–water partition coefficient (Wildman–Crippen LogP) is 3.33. The van der Waals surface area contributed by atoms with Gasteiger partial charge in [-0.15, -0.1) is 0 Å². The molecule has 1 saturated heterocycles. The first-order valence-electron chi connectivity index (χ1n) is 7.39. The molecule has 0 N–H and O–H groups in total. The van der Waals surface area contributed by atoms with Crippen molar-refractivity contribution >= 4 is 5.91 Å². The van der Waals surface area contributed by atoms with Gasteiger partial charge in [0.2, 0.25) is 5.91 Å². The van der Waals surface area contributed by atoms with Crippen molar-refractivity contribution in [3.05, 3.63) is 35.9 Å². The maximum absolute atomic E-state index is 12.6. The molecule has 0 radical (unpaired) electrons. The number of rotatable bonds is 4. The Kier molecular flexibility index (Phi) is 4.44. The smallest absolute Gasteiger partial charge is 0.244 e. The van der Waals surface area contributed by atoms with Gasteiger partial charge in [0.1, 0.15) is 5.92 Å². The van der Waals surface area contributed by atoms with Crippen molar-refractivity contribution < 1.29 is 4.79 Å². The lowest BCUT2D eigenvalue weighted by Crippen LogP contribution is -2.35. The second kappa shape index (κ2) is 6.09. The molecule has 0 spiro atoms. The third-order valence-electron chi connectivity index (χ3n) is 4.76. The molecule has 1 aromatic rings. The van der Waals surface area contributed by atoms with Crippen LogP contribution < -0.4 is 0 Å². The Morgan fingerprint density at radius 3 is 2.50 bits per heavy atom. The topological polar surface area (TPSA) is 44.1 Å². The number of carbonyl (C=O) groups excluding carboxylic acids is 1. The zero-order valence-electron chi connectivity index (χ0n) is 12.3. The van der Waals surface area contributed by atoms with Crippen LogP contribution in [-0.4, -0.2) is 23.9 Å². The minimum Gasteiger partial charge on any atom is -0.341 e. The fourth-order valence-corrected chi connectivity index (χ4v) is 3.05. The molecule has 0 aromatic heterocycles. The third-order valence-corrected chi connectivity index (χ3v) is 4.76. The van der Waals surface area contributed by atoms with Gasteiger partial charge in [0, 0.05) is 13.1 Å². The number of hydrogen-bond acceptors (Lipinski definition) is 2. The normalized spacial score (nSPS) is 18.6. The second-order valence-corrected chi connectivity index (χ2v) is 5.69. The van der Waals surface area contributed by atoms with E-state index in [4.69, 9.17) is 0 Å². The number of amides is 1. The van der Waals surface area contributed by atoms with E-state index in [1.807, 2.05) is 35.2 Å². The van der Waals surface area contributed by atoms with E-state index < -0.39 is 5.92 Å². The molecular formula is C17H22N2O. The highest BCUT2D eigenvalue weighted by atomic mass is 16.2. The number of nitriles is 1. The van der Waals surface area contributed by atoms with Gasteiger partial charge < -0.3 is 4.90 Å².